The number of thiazole rings is 2. The van der Waals surface area contributed by atoms with Gasteiger partial charge in [0.15, 0.2) is 0 Å². The van der Waals surface area contributed by atoms with Crippen molar-refractivity contribution in [2.45, 2.75) is 53.4 Å². The molecule has 0 aromatic carbocycles. The zero-order valence-electron chi connectivity index (χ0n) is 19.4. The van der Waals surface area contributed by atoms with Gasteiger partial charge >= 0.3 is 11.9 Å². The molecule has 0 fully saturated rings. The highest BCUT2D eigenvalue weighted by Crippen LogP contribution is 2.34. The molecule has 0 saturated carbocycles. The van der Waals surface area contributed by atoms with Crippen molar-refractivity contribution in [3.05, 3.63) is 31.9 Å². The second kappa shape index (κ2) is 10.8. The highest BCUT2D eigenvalue weighted by Gasteiger charge is 2.21. The standard InChI is InChI=1S/C11H13BrN2O2S.C11H14N2O2S/c1-4-16-11(15)8-6(12)7-10(14-8)17-9(13-7)5(2)3;1-4-15-11(14)8-5-7-10(13-8)16-9(12-7)6(2)3/h5,14H,4H2,1-3H3;5-6,13H,4H2,1-3H3. The summed E-state index contributed by atoms with van der Waals surface area (Å²) in [6, 6.07) is 1.75. The minimum atomic E-state index is -0.351. The molecule has 0 aliphatic carbocycles. The number of carbonyl (C=O) groups is 2. The summed E-state index contributed by atoms with van der Waals surface area (Å²) in [7, 11) is 0. The predicted octanol–water partition coefficient (Wildman–Crippen LogP) is 6.61. The molecule has 0 amide bonds. The quantitative estimate of drug-likeness (QED) is 0.259. The van der Waals surface area contributed by atoms with Gasteiger partial charge in [-0.2, -0.15) is 0 Å². The third-order valence-electron chi connectivity index (χ3n) is 4.47. The predicted molar refractivity (Wildman–Crippen MR) is 136 cm³/mol. The van der Waals surface area contributed by atoms with Crippen LogP contribution in [-0.2, 0) is 9.47 Å². The first-order chi connectivity index (χ1) is 15.7. The van der Waals surface area contributed by atoms with Crippen LogP contribution in [0, 0.1) is 0 Å². The number of halogens is 1. The van der Waals surface area contributed by atoms with Crippen LogP contribution in [0.3, 0.4) is 0 Å². The molecule has 4 aromatic rings. The van der Waals surface area contributed by atoms with Crippen molar-refractivity contribution in [2.75, 3.05) is 13.2 Å². The lowest BCUT2D eigenvalue weighted by atomic mass is 10.2. The number of esters is 2. The number of fused-ring (bicyclic) bond motifs is 2. The van der Waals surface area contributed by atoms with Crippen LogP contribution in [0.5, 0.6) is 0 Å². The largest absolute Gasteiger partial charge is 0.461 e. The van der Waals surface area contributed by atoms with E-state index in [1.165, 1.54) is 0 Å². The van der Waals surface area contributed by atoms with Crippen molar-refractivity contribution in [2.24, 2.45) is 0 Å². The van der Waals surface area contributed by atoms with Gasteiger partial charge in [0.25, 0.3) is 0 Å². The molecule has 0 saturated heterocycles. The van der Waals surface area contributed by atoms with Crippen molar-refractivity contribution in [3.8, 4) is 0 Å². The van der Waals surface area contributed by atoms with Crippen LogP contribution in [0.2, 0.25) is 0 Å². The number of hydrogen-bond donors (Lipinski definition) is 2. The number of rotatable bonds is 6. The number of aromatic nitrogens is 4. The topological polar surface area (TPSA) is 110 Å². The van der Waals surface area contributed by atoms with Gasteiger partial charge in [-0.25, -0.2) is 19.6 Å². The smallest absolute Gasteiger partial charge is 0.356 e. The molecular weight excluding hydrogens is 528 g/mol. The highest BCUT2D eigenvalue weighted by molar-refractivity contribution is 9.10. The van der Waals surface area contributed by atoms with Crippen LogP contribution in [-0.4, -0.2) is 45.1 Å². The maximum absolute atomic E-state index is 11.6. The molecule has 0 unspecified atom stereocenters. The zero-order valence-corrected chi connectivity index (χ0v) is 22.6. The van der Waals surface area contributed by atoms with Crippen LogP contribution >= 0.6 is 38.6 Å². The summed E-state index contributed by atoms with van der Waals surface area (Å²) in [5, 5.41) is 2.14. The molecule has 0 aliphatic rings. The third-order valence-corrected chi connectivity index (χ3v) is 7.80. The molecule has 0 bridgehead atoms. The monoisotopic (exact) mass is 554 g/mol. The summed E-state index contributed by atoms with van der Waals surface area (Å²) in [5.74, 6) is 0.130. The van der Waals surface area contributed by atoms with Gasteiger partial charge in [0.2, 0.25) is 0 Å². The zero-order chi connectivity index (χ0) is 24.3. The lowest BCUT2D eigenvalue weighted by Crippen LogP contribution is -2.05. The van der Waals surface area contributed by atoms with Crippen molar-refractivity contribution < 1.29 is 19.1 Å². The summed E-state index contributed by atoms with van der Waals surface area (Å²) in [6.07, 6.45) is 0. The molecular formula is C22H27BrN4O4S2. The van der Waals surface area contributed by atoms with E-state index >= 15 is 0 Å². The van der Waals surface area contributed by atoms with E-state index < -0.39 is 0 Å². The first-order valence-electron chi connectivity index (χ1n) is 10.7. The van der Waals surface area contributed by atoms with E-state index in [0.717, 1.165) is 30.7 Å². The van der Waals surface area contributed by atoms with Crippen molar-refractivity contribution >= 4 is 71.2 Å². The molecule has 178 valence electrons. The lowest BCUT2D eigenvalue weighted by Gasteiger charge is -1.99. The van der Waals surface area contributed by atoms with Crippen molar-refractivity contribution in [1.82, 2.24) is 19.9 Å². The van der Waals surface area contributed by atoms with E-state index in [0.29, 0.717) is 40.9 Å². The van der Waals surface area contributed by atoms with E-state index in [9.17, 15) is 9.59 Å². The average Bonchev–Trinajstić information content (AvgIpc) is 3.49. The first kappa shape index (κ1) is 25.4. The number of carbonyl (C=O) groups excluding carboxylic acids is 2. The van der Waals surface area contributed by atoms with Gasteiger partial charge in [-0.3, -0.25) is 0 Å². The number of aromatic amines is 2. The van der Waals surface area contributed by atoms with Crippen molar-refractivity contribution in [1.29, 1.82) is 0 Å². The molecule has 4 aromatic heterocycles. The van der Waals surface area contributed by atoms with E-state index in [2.05, 4.69) is 63.6 Å². The Hall–Kier alpha value is -2.24. The van der Waals surface area contributed by atoms with E-state index in [-0.39, 0.29) is 11.9 Å². The van der Waals surface area contributed by atoms with Gasteiger partial charge in [-0.1, -0.05) is 27.7 Å². The normalized spacial score (nSPS) is 11.3. The van der Waals surface area contributed by atoms with Gasteiger partial charge in [-0.15, -0.1) is 22.7 Å². The van der Waals surface area contributed by atoms with Gasteiger partial charge in [0.05, 0.1) is 27.7 Å². The second-order valence-corrected chi connectivity index (χ2v) is 10.6. The van der Waals surface area contributed by atoms with Gasteiger partial charge < -0.3 is 19.4 Å². The molecule has 33 heavy (non-hydrogen) atoms. The molecule has 0 spiro atoms. The fourth-order valence-corrected chi connectivity index (χ4v) is 5.46. The Labute approximate surface area is 208 Å². The van der Waals surface area contributed by atoms with E-state index in [1.54, 1.807) is 42.6 Å². The van der Waals surface area contributed by atoms with E-state index in [1.807, 2.05) is 0 Å². The maximum atomic E-state index is 11.6. The summed E-state index contributed by atoms with van der Waals surface area (Å²) in [6.45, 7) is 12.7. The number of ether oxygens (including phenoxy) is 2. The van der Waals surface area contributed by atoms with Crippen LogP contribution in [0.4, 0.5) is 0 Å². The minimum absolute atomic E-state index is 0.321. The molecule has 4 rings (SSSR count). The highest BCUT2D eigenvalue weighted by atomic mass is 79.9. The molecule has 0 aliphatic heterocycles. The van der Waals surface area contributed by atoms with E-state index in [4.69, 9.17) is 9.47 Å². The molecule has 0 radical (unpaired) electrons. The van der Waals surface area contributed by atoms with Crippen LogP contribution in [0.15, 0.2) is 10.5 Å². The Morgan fingerprint density at radius 1 is 0.939 bits per heavy atom. The lowest BCUT2D eigenvalue weighted by molar-refractivity contribution is 0.0510. The molecule has 8 nitrogen and oxygen atoms in total. The minimum Gasteiger partial charge on any atom is -0.461 e. The molecule has 2 N–H and O–H groups in total. The Balaban J connectivity index is 0.000000186. The average molecular weight is 556 g/mol. The van der Waals surface area contributed by atoms with Crippen LogP contribution in [0.25, 0.3) is 20.7 Å². The molecule has 11 heteroatoms. The Morgan fingerprint density at radius 3 is 2.06 bits per heavy atom. The number of nitrogens with zero attached hydrogens (tertiary/aromatic N) is 2. The summed E-state index contributed by atoms with van der Waals surface area (Å²) in [5.41, 5.74) is 2.57. The van der Waals surface area contributed by atoms with Gasteiger partial charge in [0, 0.05) is 11.8 Å². The number of H-pyrrole nitrogens is 2. The maximum Gasteiger partial charge on any atom is 0.356 e. The fourth-order valence-electron chi connectivity index (χ4n) is 2.85. The van der Waals surface area contributed by atoms with Gasteiger partial charge in [0.1, 0.15) is 32.1 Å². The summed E-state index contributed by atoms with van der Waals surface area (Å²) < 4.78 is 10.6. The van der Waals surface area contributed by atoms with Crippen molar-refractivity contribution in [3.63, 3.8) is 0 Å². The molecule has 0 atom stereocenters. The first-order valence-corrected chi connectivity index (χ1v) is 13.1. The van der Waals surface area contributed by atoms with Crippen LogP contribution in [0.1, 0.15) is 84.4 Å². The Morgan fingerprint density at radius 2 is 1.52 bits per heavy atom. The fraction of sp³-hybridized carbons (Fsp3) is 0.455. The SMILES string of the molecule is CCOC(=O)c1[nH]c2sc(C(C)C)nc2c1Br.CCOC(=O)c1cc2nc(C(C)C)sc2[nH]1. The molecule has 4 heterocycles. The van der Waals surface area contributed by atoms with Crippen LogP contribution < -0.4 is 0 Å². The Kier molecular flexibility index (Phi) is 8.30. The second-order valence-electron chi connectivity index (χ2n) is 7.74. The summed E-state index contributed by atoms with van der Waals surface area (Å²) >= 11 is 6.56. The van der Waals surface area contributed by atoms with Gasteiger partial charge in [-0.05, 0) is 35.8 Å². The number of hydrogen-bond acceptors (Lipinski definition) is 8. The number of nitrogens with one attached hydrogen (secondary N) is 2. The Bertz CT molecular complexity index is 1240. The summed E-state index contributed by atoms with van der Waals surface area (Å²) in [4.78, 5) is 40.0. The third kappa shape index (κ3) is 5.64.